The standard InChI is InChI=1S/C14H25N3O2/c1-9(2)17-7-6-10(17)13(19)16-12(18)8-11(15)14(3,4)5/h9-10,15H,6-8H2,1-5H3,(H,16,18,19). The summed E-state index contributed by atoms with van der Waals surface area (Å²) in [5, 5.41) is 10.2. The Hall–Kier alpha value is -1.23. The van der Waals surface area contributed by atoms with Crippen LogP contribution in [0, 0.1) is 10.8 Å². The minimum atomic E-state index is -0.375. The Morgan fingerprint density at radius 2 is 1.95 bits per heavy atom. The summed E-state index contributed by atoms with van der Waals surface area (Å²) in [5.74, 6) is -0.604. The summed E-state index contributed by atoms with van der Waals surface area (Å²) < 4.78 is 0. The van der Waals surface area contributed by atoms with E-state index in [9.17, 15) is 9.59 Å². The van der Waals surface area contributed by atoms with Gasteiger partial charge in [-0.05, 0) is 20.3 Å². The van der Waals surface area contributed by atoms with Crippen molar-refractivity contribution in [3.05, 3.63) is 0 Å². The summed E-state index contributed by atoms with van der Waals surface area (Å²) in [6.07, 6.45) is 0.789. The lowest BCUT2D eigenvalue weighted by atomic mass is 9.88. The van der Waals surface area contributed by atoms with E-state index >= 15 is 0 Å². The Morgan fingerprint density at radius 1 is 1.37 bits per heavy atom. The van der Waals surface area contributed by atoms with Crippen LogP contribution in [0.15, 0.2) is 0 Å². The van der Waals surface area contributed by atoms with Gasteiger partial charge in [0.2, 0.25) is 11.8 Å². The van der Waals surface area contributed by atoms with Crippen molar-refractivity contribution >= 4 is 17.5 Å². The minimum Gasteiger partial charge on any atom is -0.309 e. The van der Waals surface area contributed by atoms with Crippen molar-refractivity contribution < 1.29 is 9.59 Å². The molecule has 1 saturated heterocycles. The molecule has 5 heteroatoms. The first kappa shape index (κ1) is 15.8. The summed E-state index contributed by atoms with van der Waals surface area (Å²) in [6, 6.07) is 0.125. The highest BCUT2D eigenvalue weighted by atomic mass is 16.2. The van der Waals surface area contributed by atoms with Crippen LogP contribution in [0.25, 0.3) is 0 Å². The van der Waals surface area contributed by atoms with Crippen LogP contribution in [-0.4, -0.2) is 41.1 Å². The molecule has 0 aromatic carbocycles. The number of carbonyl (C=O) groups is 2. The van der Waals surface area contributed by atoms with Gasteiger partial charge in [0.05, 0.1) is 12.5 Å². The van der Waals surface area contributed by atoms with Crippen molar-refractivity contribution in [2.45, 2.75) is 59.5 Å². The van der Waals surface area contributed by atoms with E-state index in [0.29, 0.717) is 11.8 Å². The normalized spacial score (nSPS) is 20.0. The highest BCUT2D eigenvalue weighted by Crippen LogP contribution is 2.21. The van der Waals surface area contributed by atoms with Crippen LogP contribution in [0.1, 0.15) is 47.5 Å². The maximum absolute atomic E-state index is 11.9. The Morgan fingerprint density at radius 3 is 2.32 bits per heavy atom. The summed E-state index contributed by atoms with van der Waals surface area (Å²) in [5.41, 5.74) is 0.00742. The third-order valence-corrected chi connectivity index (χ3v) is 3.53. The molecule has 108 valence electrons. The van der Waals surface area contributed by atoms with Gasteiger partial charge in [0, 0.05) is 23.7 Å². The Balaban J connectivity index is 2.45. The molecule has 1 aliphatic rings. The van der Waals surface area contributed by atoms with E-state index in [1.807, 2.05) is 34.6 Å². The third kappa shape index (κ3) is 4.13. The molecule has 1 heterocycles. The van der Waals surface area contributed by atoms with Gasteiger partial charge in [-0.1, -0.05) is 20.8 Å². The number of nitrogens with one attached hydrogen (secondary N) is 2. The van der Waals surface area contributed by atoms with Crippen molar-refractivity contribution in [2.24, 2.45) is 5.41 Å². The molecule has 1 atom stereocenters. The molecule has 1 rings (SSSR count). The summed E-state index contributed by atoms with van der Waals surface area (Å²) in [6.45, 7) is 10.6. The number of amides is 2. The predicted molar refractivity (Wildman–Crippen MR) is 75.2 cm³/mol. The molecular weight excluding hydrogens is 242 g/mol. The predicted octanol–water partition coefficient (Wildman–Crippen LogP) is 1.57. The van der Waals surface area contributed by atoms with E-state index in [1.54, 1.807) is 0 Å². The van der Waals surface area contributed by atoms with Crippen LogP contribution >= 0.6 is 0 Å². The van der Waals surface area contributed by atoms with E-state index in [-0.39, 0.29) is 29.7 Å². The van der Waals surface area contributed by atoms with Crippen LogP contribution in [0.2, 0.25) is 0 Å². The fraction of sp³-hybridized carbons (Fsp3) is 0.786. The second-order valence-corrected chi connectivity index (χ2v) is 6.45. The van der Waals surface area contributed by atoms with Gasteiger partial charge in [-0.25, -0.2) is 0 Å². The zero-order valence-corrected chi connectivity index (χ0v) is 12.5. The highest BCUT2D eigenvalue weighted by Gasteiger charge is 2.36. The van der Waals surface area contributed by atoms with Gasteiger partial charge in [0.1, 0.15) is 0 Å². The molecule has 5 nitrogen and oxygen atoms in total. The van der Waals surface area contributed by atoms with E-state index in [1.165, 1.54) is 0 Å². The van der Waals surface area contributed by atoms with Crippen LogP contribution in [0.3, 0.4) is 0 Å². The summed E-state index contributed by atoms with van der Waals surface area (Å²) in [7, 11) is 0. The number of rotatable bonds is 4. The summed E-state index contributed by atoms with van der Waals surface area (Å²) >= 11 is 0. The molecule has 19 heavy (non-hydrogen) atoms. The molecule has 2 N–H and O–H groups in total. The average molecular weight is 267 g/mol. The highest BCUT2D eigenvalue weighted by molar-refractivity contribution is 6.07. The van der Waals surface area contributed by atoms with Gasteiger partial charge in [0.15, 0.2) is 0 Å². The largest absolute Gasteiger partial charge is 0.309 e. The first-order chi connectivity index (χ1) is 8.62. The molecule has 1 fully saturated rings. The lowest BCUT2D eigenvalue weighted by molar-refractivity contribution is -0.137. The number of nitrogens with zero attached hydrogens (tertiary/aromatic N) is 1. The first-order valence-corrected chi connectivity index (χ1v) is 6.80. The molecule has 0 saturated carbocycles. The molecule has 0 bridgehead atoms. The fourth-order valence-corrected chi connectivity index (χ4v) is 2.00. The summed E-state index contributed by atoms with van der Waals surface area (Å²) in [4.78, 5) is 25.7. The number of carbonyl (C=O) groups excluding carboxylic acids is 2. The fourth-order valence-electron chi connectivity index (χ4n) is 2.00. The van der Waals surface area contributed by atoms with E-state index < -0.39 is 0 Å². The van der Waals surface area contributed by atoms with Crippen LogP contribution in [0.5, 0.6) is 0 Å². The van der Waals surface area contributed by atoms with E-state index in [2.05, 4.69) is 10.2 Å². The number of hydrogen-bond acceptors (Lipinski definition) is 4. The lowest BCUT2D eigenvalue weighted by Gasteiger charge is -2.42. The maximum atomic E-state index is 11.9. The topological polar surface area (TPSA) is 73.3 Å². The molecule has 0 spiro atoms. The molecule has 1 unspecified atom stereocenters. The van der Waals surface area contributed by atoms with Gasteiger partial charge in [-0.3, -0.25) is 19.8 Å². The lowest BCUT2D eigenvalue weighted by Crippen LogP contribution is -2.59. The van der Waals surface area contributed by atoms with Gasteiger partial charge in [-0.15, -0.1) is 0 Å². The van der Waals surface area contributed by atoms with Crippen molar-refractivity contribution in [3.8, 4) is 0 Å². The minimum absolute atomic E-state index is 0.0103. The van der Waals surface area contributed by atoms with Crippen LogP contribution in [0.4, 0.5) is 0 Å². The second kappa shape index (κ2) is 5.82. The smallest absolute Gasteiger partial charge is 0.243 e. The molecule has 1 aliphatic heterocycles. The Bertz CT molecular complexity index is 383. The van der Waals surface area contributed by atoms with Crippen molar-refractivity contribution in [3.63, 3.8) is 0 Å². The van der Waals surface area contributed by atoms with E-state index in [4.69, 9.17) is 5.41 Å². The van der Waals surface area contributed by atoms with Gasteiger partial charge >= 0.3 is 0 Å². The molecule has 0 aromatic rings. The monoisotopic (exact) mass is 267 g/mol. The van der Waals surface area contributed by atoms with Gasteiger partial charge in [0.25, 0.3) is 0 Å². The number of hydrogen-bond donors (Lipinski definition) is 2. The van der Waals surface area contributed by atoms with Crippen LogP contribution in [-0.2, 0) is 9.59 Å². The van der Waals surface area contributed by atoms with Crippen LogP contribution < -0.4 is 5.32 Å². The second-order valence-electron chi connectivity index (χ2n) is 6.45. The van der Waals surface area contributed by atoms with Crippen molar-refractivity contribution in [1.29, 1.82) is 5.41 Å². The number of imide groups is 1. The quantitative estimate of drug-likeness (QED) is 0.759. The molecular formula is C14H25N3O2. The van der Waals surface area contributed by atoms with E-state index in [0.717, 1.165) is 13.0 Å². The molecule has 0 radical (unpaired) electrons. The zero-order valence-electron chi connectivity index (χ0n) is 12.5. The average Bonchev–Trinajstić information content (AvgIpc) is 2.11. The molecule has 2 amide bonds. The first-order valence-electron chi connectivity index (χ1n) is 6.80. The Kier molecular flexibility index (Phi) is 4.85. The van der Waals surface area contributed by atoms with Gasteiger partial charge < -0.3 is 5.41 Å². The Labute approximate surface area is 115 Å². The maximum Gasteiger partial charge on any atom is 0.243 e. The SMILES string of the molecule is CC(C)N1CCC1C(=O)NC(=O)CC(=N)C(C)(C)C. The zero-order chi connectivity index (χ0) is 14.8. The van der Waals surface area contributed by atoms with Crippen molar-refractivity contribution in [1.82, 2.24) is 10.2 Å². The van der Waals surface area contributed by atoms with Crippen molar-refractivity contribution in [2.75, 3.05) is 6.54 Å². The third-order valence-electron chi connectivity index (χ3n) is 3.53. The van der Waals surface area contributed by atoms with Gasteiger partial charge in [-0.2, -0.15) is 0 Å². The number of likely N-dealkylation sites (tertiary alicyclic amines) is 1. The molecule has 0 aromatic heterocycles. The molecule has 0 aliphatic carbocycles.